The van der Waals surface area contributed by atoms with Crippen LogP contribution in [0.1, 0.15) is 19.4 Å². The first-order valence-corrected chi connectivity index (χ1v) is 10.1. The summed E-state index contributed by atoms with van der Waals surface area (Å²) in [5.74, 6) is -0.0458. The summed E-state index contributed by atoms with van der Waals surface area (Å²) in [4.78, 5) is 13.4. The molecule has 0 aliphatic rings. The number of benzene rings is 2. The second kappa shape index (κ2) is 7.09. The molecule has 0 spiro atoms. The predicted octanol–water partition coefficient (Wildman–Crippen LogP) is 4.63. The fourth-order valence-electron chi connectivity index (χ4n) is 2.71. The van der Waals surface area contributed by atoms with Crippen molar-refractivity contribution in [2.24, 2.45) is 0 Å². The van der Waals surface area contributed by atoms with Crippen LogP contribution in [-0.4, -0.2) is 25.8 Å². The maximum Gasteiger partial charge on any atom is 0.237 e. The van der Waals surface area contributed by atoms with Gasteiger partial charge in [-0.2, -0.15) is 0 Å². The Balaban J connectivity index is 1.52. The molecular formula is C19H18N4OS2. The summed E-state index contributed by atoms with van der Waals surface area (Å²) in [5, 5.41) is 11.9. The first-order chi connectivity index (χ1) is 12.7. The average molecular weight is 383 g/mol. The number of nitrogens with zero attached hydrogens (tertiary/aromatic N) is 3. The van der Waals surface area contributed by atoms with E-state index >= 15 is 0 Å². The lowest BCUT2D eigenvalue weighted by atomic mass is 10.1. The Hall–Kier alpha value is -2.38. The van der Waals surface area contributed by atoms with Crippen LogP contribution in [0.5, 0.6) is 0 Å². The molecule has 0 saturated heterocycles. The summed E-state index contributed by atoms with van der Waals surface area (Å²) < 4.78 is 3.18. The molecule has 132 valence electrons. The van der Waals surface area contributed by atoms with Gasteiger partial charge in [0.05, 0.1) is 15.5 Å². The Bertz CT molecular complexity index is 1070. The highest BCUT2D eigenvalue weighted by molar-refractivity contribution is 8.00. The molecule has 4 aromatic rings. The monoisotopic (exact) mass is 382 g/mol. The highest BCUT2D eigenvalue weighted by atomic mass is 32.2. The Kier molecular flexibility index (Phi) is 4.65. The van der Waals surface area contributed by atoms with Gasteiger partial charge in [-0.25, -0.2) is 0 Å². The van der Waals surface area contributed by atoms with E-state index in [-0.39, 0.29) is 11.2 Å². The summed E-state index contributed by atoms with van der Waals surface area (Å²) in [6.07, 6.45) is 0.984. The number of thioether (sulfide) groups is 1. The molecule has 26 heavy (non-hydrogen) atoms. The standard InChI is InChI=1S/C19H18N4OS2/c1-3-13-8-10-14(11-9-13)20-17(24)12(2)25-18-21-22-19-23(18)15-6-4-5-7-16(15)26-19/h4-12H,3H2,1-2H3,(H,20,24). The molecule has 0 bridgehead atoms. The third kappa shape index (κ3) is 3.20. The number of para-hydroxylation sites is 1. The van der Waals surface area contributed by atoms with Crippen molar-refractivity contribution in [3.63, 3.8) is 0 Å². The third-order valence-electron chi connectivity index (χ3n) is 4.19. The van der Waals surface area contributed by atoms with Crippen LogP contribution in [0.4, 0.5) is 5.69 Å². The van der Waals surface area contributed by atoms with Gasteiger partial charge in [-0.1, -0.05) is 54.3 Å². The lowest BCUT2D eigenvalue weighted by Crippen LogP contribution is -2.22. The highest BCUT2D eigenvalue weighted by Gasteiger charge is 2.20. The normalized spacial score (nSPS) is 12.5. The third-order valence-corrected chi connectivity index (χ3v) is 6.25. The number of nitrogens with one attached hydrogen (secondary N) is 1. The van der Waals surface area contributed by atoms with Gasteiger partial charge in [-0.15, -0.1) is 10.2 Å². The Labute approximate surface area is 159 Å². The van der Waals surface area contributed by atoms with Crippen molar-refractivity contribution < 1.29 is 4.79 Å². The molecule has 5 nitrogen and oxygen atoms in total. The summed E-state index contributed by atoms with van der Waals surface area (Å²) in [5.41, 5.74) is 3.13. The molecule has 4 rings (SSSR count). The molecule has 0 aliphatic carbocycles. The fourth-order valence-corrected chi connectivity index (χ4v) is 4.59. The van der Waals surface area contributed by atoms with Crippen molar-refractivity contribution in [2.45, 2.75) is 30.7 Å². The van der Waals surface area contributed by atoms with Gasteiger partial charge >= 0.3 is 0 Å². The van der Waals surface area contributed by atoms with Gasteiger partial charge in [0, 0.05) is 5.69 Å². The lowest BCUT2D eigenvalue weighted by Gasteiger charge is -2.11. The van der Waals surface area contributed by atoms with Gasteiger partial charge in [0.2, 0.25) is 10.9 Å². The maximum atomic E-state index is 12.5. The molecule has 0 fully saturated rings. The quantitative estimate of drug-likeness (QED) is 0.512. The molecule has 1 amide bonds. The van der Waals surface area contributed by atoms with Crippen LogP contribution >= 0.6 is 23.1 Å². The van der Waals surface area contributed by atoms with E-state index in [4.69, 9.17) is 0 Å². The van der Waals surface area contributed by atoms with Crippen molar-refractivity contribution in [1.29, 1.82) is 0 Å². The molecule has 2 aromatic carbocycles. The van der Waals surface area contributed by atoms with Crippen LogP contribution in [0.2, 0.25) is 0 Å². The number of aryl methyl sites for hydroxylation is 1. The molecule has 2 aromatic heterocycles. The van der Waals surface area contributed by atoms with E-state index in [9.17, 15) is 4.79 Å². The van der Waals surface area contributed by atoms with Gasteiger partial charge in [-0.3, -0.25) is 9.20 Å². The number of hydrogen-bond donors (Lipinski definition) is 1. The molecule has 7 heteroatoms. The number of fused-ring (bicyclic) bond motifs is 3. The van der Waals surface area contributed by atoms with Crippen molar-refractivity contribution in [1.82, 2.24) is 14.6 Å². The number of anilines is 1. The number of amides is 1. The van der Waals surface area contributed by atoms with E-state index in [1.54, 1.807) is 11.3 Å². The van der Waals surface area contributed by atoms with Gasteiger partial charge < -0.3 is 5.32 Å². The highest BCUT2D eigenvalue weighted by Crippen LogP contribution is 2.31. The summed E-state index contributed by atoms with van der Waals surface area (Å²) in [6, 6.07) is 16.1. The summed E-state index contributed by atoms with van der Waals surface area (Å²) in [6.45, 7) is 4.00. The Morgan fingerprint density at radius 3 is 2.73 bits per heavy atom. The van der Waals surface area contributed by atoms with Gasteiger partial charge in [0.1, 0.15) is 0 Å². The SMILES string of the molecule is CCc1ccc(NC(=O)C(C)Sc2nnc3sc4ccccc4n23)cc1. The van der Waals surface area contributed by atoms with Gasteiger partial charge in [0.25, 0.3) is 0 Å². The molecule has 1 unspecified atom stereocenters. The molecule has 0 aliphatic heterocycles. The van der Waals surface area contributed by atoms with Crippen LogP contribution in [0.25, 0.3) is 15.2 Å². The number of thiazole rings is 1. The molecule has 0 radical (unpaired) electrons. The van der Waals surface area contributed by atoms with E-state index in [1.165, 1.54) is 17.3 Å². The van der Waals surface area contributed by atoms with Gasteiger partial charge in [0.15, 0.2) is 5.16 Å². The van der Waals surface area contributed by atoms with Crippen LogP contribution < -0.4 is 5.32 Å². The zero-order valence-corrected chi connectivity index (χ0v) is 16.1. The van der Waals surface area contributed by atoms with Gasteiger partial charge in [-0.05, 0) is 43.2 Å². The van der Waals surface area contributed by atoms with E-state index in [2.05, 4.69) is 28.5 Å². The van der Waals surface area contributed by atoms with E-state index in [1.807, 2.05) is 53.8 Å². The zero-order chi connectivity index (χ0) is 18.1. The van der Waals surface area contributed by atoms with Crippen molar-refractivity contribution >= 4 is 49.9 Å². The van der Waals surface area contributed by atoms with Crippen LogP contribution in [0.15, 0.2) is 53.7 Å². The Morgan fingerprint density at radius 1 is 1.19 bits per heavy atom. The van der Waals surface area contributed by atoms with Crippen molar-refractivity contribution in [3.05, 3.63) is 54.1 Å². The van der Waals surface area contributed by atoms with Crippen molar-refractivity contribution in [2.75, 3.05) is 5.32 Å². The minimum Gasteiger partial charge on any atom is -0.325 e. The smallest absolute Gasteiger partial charge is 0.237 e. The number of carbonyl (C=O) groups is 1. The van der Waals surface area contributed by atoms with E-state index < -0.39 is 0 Å². The summed E-state index contributed by atoms with van der Waals surface area (Å²) >= 11 is 3.02. The molecule has 1 N–H and O–H groups in total. The van der Waals surface area contributed by atoms with Crippen LogP contribution in [0, 0.1) is 0 Å². The number of hydrogen-bond acceptors (Lipinski definition) is 5. The van der Waals surface area contributed by atoms with Crippen molar-refractivity contribution in [3.8, 4) is 0 Å². The molecule has 0 saturated carbocycles. The molecule has 2 heterocycles. The first-order valence-electron chi connectivity index (χ1n) is 8.45. The topological polar surface area (TPSA) is 59.3 Å². The largest absolute Gasteiger partial charge is 0.325 e. The van der Waals surface area contributed by atoms with E-state index in [0.29, 0.717) is 0 Å². The minimum absolute atomic E-state index is 0.0458. The zero-order valence-electron chi connectivity index (χ0n) is 14.5. The average Bonchev–Trinajstić information content (AvgIpc) is 3.22. The molecule has 1 atom stereocenters. The molecular weight excluding hydrogens is 364 g/mol. The number of rotatable bonds is 5. The summed E-state index contributed by atoms with van der Waals surface area (Å²) in [7, 11) is 0. The predicted molar refractivity (Wildman–Crippen MR) is 108 cm³/mol. The maximum absolute atomic E-state index is 12.5. The first kappa shape index (κ1) is 17.1. The number of carbonyl (C=O) groups excluding carboxylic acids is 1. The lowest BCUT2D eigenvalue weighted by molar-refractivity contribution is -0.115. The minimum atomic E-state index is -0.285. The fraction of sp³-hybridized carbons (Fsp3) is 0.211. The van der Waals surface area contributed by atoms with E-state index in [0.717, 1.165) is 32.4 Å². The van der Waals surface area contributed by atoms with Crippen LogP contribution in [0.3, 0.4) is 0 Å². The number of aromatic nitrogens is 3. The van der Waals surface area contributed by atoms with Crippen LogP contribution in [-0.2, 0) is 11.2 Å². The Morgan fingerprint density at radius 2 is 1.96 bits per heavy atom. The second-order valence-electron chi connectivity index (χ2n) is 5.97. The second-order valence-corrected chi connectivity index (χ2v) is 8.29.